The molecule has 1 aromatic carbocycles. The monoisotopic (exact) mass is 356 g/mol. The van der Waals surface area contributed by atoms with Gasteiger partial charge in [-0.15, -0.1) is 0 Å². The third-order valence-corrected chi connectivity index (χ3v) is 5.25. The van der Waals surface area contributed by atoms with Crippen LogP contribution in [0.25, 0.3) is 0 Å². The Balaban J connectivity index is 1.53. The number of carbonyl (C=O) groups excluding carboxylic acids is 1. The van der Waals surface area contributed by atoms with Crippen LogP contribution in [0.15, 0.2) is 24.3 Å². The molecule has 6 heteroatoms. The Bertz CT molecular complexity index is 745. The van der Waals surface area contributed by atoms with Crippen molar-refractivity contribution in [3.8, 4) is 5.75 Å². The van der Waals surface area contributed by atoms with Crippen LogP contribution in [0, 0.1) is 19.3 Å². The molecule has 0 bridgehead atoms. The molecule has 26 heavy (non-hydrogen) atoms. The summed E-state index contributed by atoms with van der Waals surface area (Å²) < 4.78 is 5.29. The maximum Gasteiger partial charge on any atom is 0.229 e. The molecule has 3 rings (SSSR count). The van der Waals surface area contributed by atoms with Gasteiger partial charge in [-0.3, -0.25) is 9.89 Å². The summed E-state index contributed by atoms with van der Waals surface area (Å²) in [7, 11) is 1.66. The number of carbonyl (C=O) groups is 1. The Morgan fingerprint density at radius 1 is 1.35 bits per heavy atom. The maximum atomic E-state index is 12.8. The summed E-state index contributed by atoms with van der Waals surface area (Å²) in [6.45, 7) is 6.17. The number of rotatable bonds is 8. The smallest absolute Gasteiger partial charge is 0.229 e. The van der Waals surface area contributed by atoms with Crippen molar-refractivity contribution in [3.05, 3.63) is 46.8 Å². The molecule has 1 fully saturated rings. The van der Waals surface area contributed by atoms with E-state index in [1.165, 1.54) is 5.56 Å². The van der Waals surface area contributed by atoms with E-state index in [-0.39, 0.29) is 11.3 Å². The van der Waals surface area contributed by atoms with Crippen molar-refractivity contribution in [2.45, 2.75) is 33.1 Å². The highest BCUT2D eigenvalue weighted by Gasteiger charge is 2.44. The number of H-pyrrole nitrogens is 1. The second-order valence-electron chi connectivity index (χ2n) is 7.18. The fourth-order valence-electron chi connectivity index (χ4n) is 3.56. The molecule has 140 valence electrons. The molecular weight excluding hydrogens is 328 g/mol. The molecule has 1 aromatic heterocycles. The molecule has 6 nitrogen and oxygen atoms in total. The molecule has 1 saturated heterocycles. The molecule has 0 radical (unpaired) electrons. The fourth-order valence-corrected chi connectivity index (χ4v) is 3.56. The molecule has 2 heterocycles. The van der Waals surface area contributed by atoms with Crippen molar-refractivity contribution in [2.75, 3.05) is 26.7 Å². The van der Waals surface area contributed by atoms with Gasteiger partial charge in [0.15, 0.2) is 0 Å². The molecule has 0 atom stereocenters. The molecule has 0 aliphatic carbocycles. The predicted molar refractivity (Wildman–Crippen MR) is 101 cm³/mol. The van der Waals surface area contributed by atoms with E-state index in [0.29, 0.717) is 6.54 Å². The minimum atomic E-state index is -0.353. The van der Waals surface area contributed by atoms with E-state index in [0.717, 1.165) is 55.1 Å². The summed E-state index contributed by atoms with van der Waals surface area (Å²) >= 11 is 0. The highest BCUT2D eigenvalue weighted by Crippen LogP contribution is 2.29. The Morgan fingerprint density at radius 2 is 2.15 bits per heavy atom. The maximum absolute atomic E-state index is 12.8. The number of methoxy groups -OCH3 is 1. The summed E-state index contributed by atoms with van der Waals surface area (Å²) in [6.07, 6.45) is 2.56. The van der Waals surface area contributed by atoms with Crippen LogP contribution in [-0.2, 0) is 17.6 Å². The van der Waals surface area contributed by atoms with Crippen molar-refractivity contribution in [1.29, 1.82) is 0 Å². The number of aromatic nitrogens is 2. The van der Waals surface area contributed by atoms with Crippen LogP contribution >= 0.6 is 0 Å². The average Bonchev–Trinajstić information content (AvgIpc) is 2.93. The third kappa shape index (κ3) is 3.90. The van der Waals surface area contributed by atoms with Crippen LogP contribution in [0.5, 0.6) is 5.75 Å². The van der Waals surface area contributed by atoms with Gasteiger partial charge < -0.3 is 15.4 Å². The fraction of sp³-hybridized carbons (Fsp3) is 0.500. The van der Waals surface area contributed by atoms with Crippen molar-refractivity contribution in [3.63, 3.8) is 0 Å². The number of ether oxygens (including phenoxy) is 1. The number of nitrogens with one attached hydrogen (secondary N) is 3. The number of amides is 1. The van der Waals surface area contributed by atoms with E-state index in [9.17, 15) is 4.79 Å². The average molecular weight is 356 g/mol. The van der Waals surface area contributed by atoms with Gasteiger partial charge in [0, 0.05) is 25.3 Å². The van der Waals surface area contributed by atoms with E-state index < -0.39 is 0 Å². The zero-order chi connectivity index (χ0) is 18.6. The molecule has 0 saturated carbocycles. The summed E-state index contributed by atoms with van der Waals surface area (Å²) in [4.78, 5) is 12.8. The van der Waals surface area contributed by atoms with Crippen LogP contribution in [0.3, 0.4) is 0 Å². The number of aryl methyl sites for hydroxylation is 2. The zero-order valence-corrected chi connectivity index (χ0v) is 15.8. The number of hydrogen-bond acceptors (Lipinski definition) is 4. The number of benzene rings is 1. The van der Waals surface area contributed by atoms with E-state index in [4.69, 9.17) is 4.74 Å². The molecule has 1 aliphatic rings. The van der Waals surface area contributed by atoms with Crippen molar-refractivity contribution >= 4 is 5.91 Å². The predicted octanol–water partition coefficient (Wildman–Crippen LogP) is 1.92. The van der Waals surface area contributed by atoms with E-state index in [1.54, 1.807) is 7.11 Å². The van der Waals surface area contributed by atoms with Gasteiger partial charge in [0.1, 0.15) is 5.75 Å². The van der Waals surface area contributed by atoms with Gasteiger partial charge in [-0.25, -0.2) is 0 Å². The molecular formula is C20H28N4O2. The second-order valence-corrected chi connectivity index (χ2v) is 7.18. The Morgan fingerprint density at radius 3 is 2.77 bits per heavy atom. The normalized spacial score (nSPS) is 15.3. The second kappa shape index (κ2) is 7.91. The first kappa shape index (κ1) is 18.5. The van der Waals surface area contributed by atoms with Crippen LogP contribution in [0.2, 0.25) is 0 Å². The Hall–Kier alpha value is -2.34. The van der Waals surface area contributed by atoms with Gasteiger partial charge in [0.2, 0.25) is 5.91 Å². The number of hydrogen-bond donors (Lipinski definition) is 3. The first-order valence-corrected chi connectivity index (χ1v) is 9.16. The Kier molecular flexibility index (Phi) is 5.61. The summed E-state index contributed by atoms with van der Waals surface area (Å²) in [5.74, 6) is 0.968. The molecule has 0 spiro atoms. The quantitative estimate of drug-likeness (QED) is 0.632. The van der Waals surface area contributed by atoms with Crippen molar-refractivity contribution in [2.24, 2.45) is 5.41 Å². The van der Waals surface area contributed by atoms with Crippen LogP contribution < -0.4 is 15.4 Å². The standard InChI is InChI=1S/C20H28N4O2/c1-14-18(15(2)24-23-14)8-5-9-22-19(25)20(12-21-13-20)11-16-6-4-7-17(10-16)26-3/h4,6-7,10,21H,5,8-9,11-13H2,1-3H3,(H,22,25)(H,23,24). The summed E-state index contributed by atoms with van der Waals surface area (Å²) in [5.41, 5.74) is 4.20. The van der Waals surface area contributed by atoms with Gasteiger partial charge in [-0.2, -0.15) is 5.10 Å². The minimum absolute atomic E-state index is 0.139. The minimum Gasteiger partial charge on any atom is -0.497 e. The number of nitrogens with zero attached hydrogens (tertiary/aromatic N) is 1. The van der Waals surface area contributed by atoms with Gasteiger partial charge in [0.25, 0.3) is 0 Å². The van der Waals surface area contributed by atoms with Gasteiger partial charge in [-0.05, 0) is 56.4 Å². The lowest BCUT2D eigenvalue weighted by Gasteiger charge is -2.41. The first-order valence-electron chi connectivity index (χ1n) is 9.16. The number of aromatic amines is 1. The largest absolute Gasteiger partial charge is 0.497 e. The van der Waals surface area contributed by atoms with Gasteiger partial charge >= 0.3 is 0 Å². The van der Waals surface area contributed by atoms with Gasteiger partial charge in [0.05, 0.1) is 18.2 Å². The first-order chi connectivity index (χ1) is 12.5. The lowest BCUT2D eigenvalue weighted by atomic mass is 9.75. The third-order valence-electron chi connectivity index (χ3n) is 5.25. The lowest BCUT2D eigenvalue weighted by molar-refractivity contribution is -0.133. The van der Waals surface area contributed by atoms with Crippen LogP contribution in [0.1, 0.15) is 28.9 Å². The molecule has 3 N–H and O–H groups in total. The zero-order valence-electron chi connectivity index (χ0n) is 15.8. The molecule has 0 unspecified atom stereocenters. The van der Waals surface area contributed by atoms with Gasteiger partial charge in [-0.1, -0.05) is 12.1 Å². The van der Waals surface area contributed by atoms with Crippen LogP contribution in [-0.4, -0.2) is 42.8 Å². The van der Waals surface area contributed by atoms with E-state index in [2.05, 4.69) is 26.9 Å². The lowest BCUT2D eigenvalue weighted by Crippen LogP contribution is -2.62. The van der Waals surface area contributed by atoms with Crippen LogP contribution in [0.4, 0.5) is 0 Å². The molecule has 2 aromatic rings. The van der Waals surface area contributed by atoms with Crippen molar-refractivity contribution < 1.29 is 9.53 Å². The molecule has 1 amide bonds. The van der Waals surface area contributed by atoms with E-state index >= 15 is 0 Å². The SMILES string of the molecule is COc1cccc(CC2(C(=O)NCCCc3c(C)n[nH]c3C)CNC2)c1. The highest BCUT2D eigenvalue weighted by atomic mass is 16.5. The summed E-state index contributed by atoms with van der Waals surface area (Å²) in [6, 6.07) is 7.97. The summed E-state index contributed by atoms with van der Waals surface area (Å²) in [5, 5.41) is 13.6. The molecule has 1 aliphatic heterocycles. The topological polar surface area (TPSA) is 79.0 Å². The highest BCUT2D eigenvalue weighted by molar-refractivity contribution is 5.84. The Labute approximate surface area is 154 Å². The van der Waals surface area contributed by atoms with E-state index in [1.807, 2.05) is 32.0 Å². The van der Waals surface area contributed by atoms with Crippen molar-refractivity contribution in [1.82, 2.24) is 20.8 Å².